The molecule has 2 aliphatic carbocycles. The van der Waals surface area contributed by atoms with E-state index in [4.69, 9.17) is 5.10 Å². The van der Waals surface area contributed by atoms with Crippen molar-refractivity contribution in [2.75, 3.05) is 26.2 Å². The summed E-state index contributed by atoms with van der Waals surface area (Å²) in [4.78, 5) is 17.1. The van der Waals surface area contributed by atoms with Crippen molar-refractivity contribution in [3.63, 3.8) is 0 Å². The van der Waals surface area contributed by atoms with Crippen LogP contribution in [0.2, 0.25) is 0 Å². The number of halogens is 1. The number of aromatic nitrogens is 2. The number of piperazine rings is 1. The van der Waals surface area contributed by atoms with Crippen LogP contribution in [0.3, 0.4) is 0 Å². The number of amides is 1. The normalized spacial score (nSPS) is 20.1. The smallest absolute Gasteiger partial charge is 0.222 e. The van der Waals surface area contributed by atoms with Gasteiger partial charge in [-0.1, -0.05) is 12.8 Å². The predicted octanol–water partition coefficient (Wildman–Crippen LogP) is 3.72. The van der Waals surface area contributed by atoms with Crippen LogP contribution < -0.4 is 0 Å². The van der Waals surface area contributed by atoms with E-state index in [2.05, 4.69) is 9.80 Å². The minimum Gasteiger partial charge on any atom is -0.340 e. The third kappa shape index (κ3) is 4.02. The summed E-state index contributed by atoms with van der Waals surface area (Å²) in [6.45, 7) is 4.31. The number of hydrogen-bond acceptors (Lipinski definition) is 3. The fourth-order valence-corrected chi connectivity index (χ4v) is 5.39. The molecule has 1 saturated carbocycles. The first-order valence-electron chi connectivity index (χ1n) is 11.5. The molecule has 3 aliphatic rings. The molecule has 1 aromatic carbocycles. The molecular weight excluding hydrogens is 379 g/mol. The second-order valence-corrected chi connectivity index (χ2v) is 9.13. The zero-order valence-electron chi connectivity index (χ0n) is 17.7. The number of fused-ring (bicyclic) bond motifs is 1. The van der Waals surface area contributed by atoms with Gasteiger partial charge in [0.25, 0.3) is 0 Å². The number of carbonyl (C=O) groups is 1. The average molecular weight is 411 g/mol. The third-order valence-electron chi connectivity index (χ3n) is 7.12. The molecule has 0 atom stereocenters. The molecule has 1 saturated heterocycles. The molecule has 0 N–H and O–H groups in total. The third-order valence-corrected chi connectivity index (χ3v) is 7.12. The van der Waals surface area contributed by atoms with E-state index in [0.29, 0.717) is 11.8 Å². The maximum atomic E-state index is 13.3. The Balaban J connectivity index is 1.22. The lowest BCUT2D eigenvalue weighted by atomic mass is 10.0. The Morgan fingerprint density at radius 2 is 1.73 bits per heavy atom. The number of hydrogen-bond donors (Lipinski definition) is 0. The van der Waals surface area contributed by atoms with E-state index < -0.39 is 0 Å². The Morgan fingerprint density at radius 1 is 1.00 bits per heavy atom. The van der Waals surface area contributed by atoms with E-state index in [1.54, 1.807) is 12.1 Å². The molecule has 2 fully saturated rings. The zero-order valence-corrected chi connectivity index (χ0v) is 17.7. The van der Waals surface area contributed by atoms with Crippen molar-refractivity contribution >= 4 is 5.91 Å². The summed E-state index contributed by atoms with van der Waals surface area (Å²) in [5.41, 5.74) is 4.74. The zero-order chi connectivity index (χ0) is 20.5. The van der Waals surface area contributed by atoms with Crippen LogP contribution in [-0.4, -0.2) is 51.7 Å². The number of rotatable bonds is 5. The van der Waals surface area contributed by atoms with E-state index in [1.807, 2.05) is 4.68 Å². The molecule has 1 aliphatic heterocycles. The van der Waals surface area contributed by atoms with Crippen molar-refractivity contribution in [1.29, 1.82) is 0 Å². The minimum atomic E-state index is -0.219. The monoisotopic (exact) mass is 410 g/mol. The van der Waals surface area contributed by atoms with Crippen molar-refractivity contribution in [3.8, 4) is 5.69 Å². The summed E-state index contributed by atoms with van der Waals surface area (Å²) in [5, 5.41) is 4.92. The summed E-state index contributed by atoms with van der Waals surface area (Å²) in [6, 6.07) is 6.61. The van der Waals surface area contributed by atoms with Crippen LogP contribution in [0.15, 0.2) is 24.3 Å². The Morgan fingerprint density at radius 3 is 2.47 bits per heavy atom. The van der Waals surface area contributed by atoms with Crippen molar-refractivity contribution in [2.45, 2.75) is 57.9 Å². The van der Waals surface area contributed by atoms with Gasteiger partial charge in [-0.2, -0.15) is 5.10 Å². The Bertz CT molecular complexity index is 893. The molecule has 0 bridgehead atoms. The van der Waals surface area contributed by atoms with Gasteiger partial charge in [-0.05, 0) is 67.9 Å². The second kappa shape index (κ2) is 8.50. The highest BCUT2D eigenvalue weighted by molar-refractivity contribution is 5.76. The van der Waals surface area contributed by atoms with Crippen LogP contribution in [-0.2, 0) is 24.2 Å². The minimum absolute atomic E-state index is 0.219. The lowest BCUT2D eigenvalue weighted by Gasteiger charge is -2.35. The first-order valence-corrected chi connectivity index (χ1v) is 11.5. The molecule has 2 heterocycles. The van der Waals surface area contributed by atoms with Crippen LogP contribution in [0, 0.1) is 11.7 Å². The number of carbonyl (C=O) groups excluding carboxylic acids is 1. The molecule has 1 aromatic heterocycles. The fourth-order valence-electron chi connectivity index (χ4n) is 5.39. The van der Waals surface area contributed by atoms with Gasteiger partial charge in [0.05, 0.1) is 11.4 Å². The van der Waals surface area contributed by atoms with E-state index in [9.17, 15) is 9.18 Å². The molecule has 1 amide bonds. The van der Waals surface area contributed by atoms with Gasteiger partial charge in [0.2, 0.25) is 5.91 Å². The van der Waals surface area contributed by atoms with Crippen molar-refractivity contribution in [2.24, 2.45) is 5.92 Å². The maximum absolute atomic E-state index is 13.3. The summed E-state index contributed by atoms with van der Waals surface area (Å²) >= 11 is 0. The van der Waals surface area contributed by atoms with Gasteiger partial charge in [0, 0.05) is 44.8 Å². The Labute approximate surface area is 177 Å². The average Bonchev–Trinajstić information content (AvgIpc) is 3.49. The topological polar surface area (TPSA) is 41.4 Å². The highest BCUT2D eigenvalue weighted by Crippen LogP contribution is 2.30. The van der Waals surface area contributed by atoms with Gasteiger partial charge in [-0.25, -0.2) is 9.07 Å². The lowest BCUT2D eigenvalue weighted by Crippen LogP contribution is -2.48. The van der Waals surface area contributed by atoms with Crippen LogP contribution in [0.1, 0.15) is 55.5 Å². The van der Waals surface area contributed by atoms with E-state index in [1.165, 1.54) is 49.1 Å². The maximum Gasteiger partial charge on any atom is 0.222 e. The van der Waals surface area contributed by atoms with E-state index in [-0.39, 0.29) is 5.82 Å². The quantitative estimate of drug-likeness (QED) is 0.754. The van der Waals surface area contributed by atoms with E-state index >= 15 is 0 Å². The summed E-state index contributed by atoms with van der Waals surface area (Å²) in [6.07, 6.45) is 9.05. The molecule has 0 radical (unpaired) electrons. The summed E-state index contributed by atoms with van der Waals surface area (Å²) in [5.74, 6) is 0.750. The molecule has 0 spiro atoms. The highest BCUT2D eigenvalue weighted by atomic mass is 19.1. The van der Waals surface area contributed by atoms with Gasteiger partial charge in [0.15, 0.2) is 0 Å². The van der Waals surface area contributed by atoms with Gasteiger partial charge in [0.1, 0.15) is 5.82 Å². The highest BCUT2D eigenvalue weighted by Gasteiger charge is 2.28. The Hall–Kier alpha value is -2.21. The molecule has 30 heavy (non-hydrogen) atoms. The SMILES string of the molecule is O=C(CC1CCCC1)N1CCN(Cc2nn(-c3ccc(F)cc3)c3c2CCC3)CC1. The first-order chi connectivity index (χ1) is 14.7. The molecule has 5 nitrogen and oxygen atoms in total. The number of benzene rings is 1. The number of nitrogens with zero attached hydrogens (tertiary/aromatic N) is 4. The van der Waals surface area contributed by atoms with Crippen LogP contribution in [0.4, 0.5) is 4.39 Å². The second-order valence-electron chi connectivity index (χ2n) is 9.13. The van der Waals surface area contributed by atoms with Gasteiger partial charge in [-0.15, -0.1) is 0 Å². The fraction of sp³-hybridized carbons (Fsp3) is 0.583. The van der Waals surface area contributed by atoms with Crippen LogP contribution >= 0.6 is 0 Å². The molecule has 6 heteroatoms. The molecule has 5 rings (SSSR count). The van der Waals surface area contributed by atoms with Gasteiger partial charge < -0.3 is 4.90 Å². The van der Waals surface area contributed by atoms with Crippen LogP contribution in [0.5, 0.6) is 0 Å². The summed E-state index contributed by atoms with van der Waals surface area (Å²) in [7, 11) is 0. The predicted molar refractivity (Wildman–Crippen MR) is 114 cm³/mol. The molecule has 0 unspecified atom stereocenters. The van der Waals surface area contributed by atoms with Gasteiger partial charge in [-0.3, -0.25) is 9.69 Å². The van der Waals surface area contributed by atoms with Crippen molar-refractivity contribution in [1.82, 2.24) is 19.6 Å². The van der Waals surface area contributed by atoms with Crippen LogP contribution in [0.25, 0.3) is 5.69 Å². The largest absolute Gasteiger partial charge is 0.340 e. The molecular formula is C24H31FN4O. The first kappa shape index (κ1) is 19.7. The van der Waals surface area contributed by atoms with Crippen molar-refractivity contribution in [3.05, 3.63) is 47.0 Å². The Kier molecular flexibility index (Phi) is 5.59. The lowest BCUT2D eigenvalue weighted by molar-refractivity contribution is -0.134. The molecule has 160 valence electrons. The molecule has 2 aromatic rings. The summed E-state index contributed by atoms with van der Waals surface area (Å²) < 4.78 is 15.3. The van der Waals surface area contributed by atoms with Gasteiger partial charge >= 0.3 is 0 Å². The van der Waals surface area contributed by atoms with Crippen molar-refractivity contribution < 1.29 is 9.18 Å². The standard InChI is InChI=1S/C24H31FN4O/c25-19-8-10-20(11-9-19)29-23-7-3-6-21(23)22(26-29)17-27-12-14-28(15-13-27)24(30)16-18-4-1-2-5-18/h8-11,18H,1-7,12-17H2. The van der Waals surface area contributed by atoms with E-state index in [0.717, 1.165) is 69.8 Å².